The second-order valence-electron chi connectivity index (χ2n) is 4.87. The summed E-state index contributed by atoms with van der Waals surface area (Å²) in [5, 5.41) is 6.77. The van der Waals surface area contributed by atoms with Gasteiger partial charge in [-0.05, 0) is 23.8 Å². The van der Waals surface area contributed by atoms with Crippen molar-refractivity contribution in [2.45, 2.75) is 6.54 Å². The van der Waals surface area contributed by atoms with Gasteiger partial charge >= 0.3 is 0 Å². The molecule has 23 heavy (non-hydrogen) atoms. The van der Waals surface area contributed by atoms with Crippen molar-refractivity contribution in [1.29, 1.82) is 0 Å². The molecule has 1 N–H and O–H groups in total. The van der Waals surface area contributed by atoms with Crippen molar-refractivity contribution in [2.75, 3.05) is 5.32 Å². The zero-order valence-electron chi connectivity index (χ0n) is 12.2. The fraction of sp³-hybridized carbons (Fsp3) is 0.0588. The summed E-state index contributed by atoms with van der Waals surface area (Å²) in [7, 11) is 0. The van der Waals surface area contributed by atoms with Gasteiger partial charge in [-0.3, -0.25) is 9.59 Å². The molecule has 0 saturated carbocycles. The minimum atomic E-state index is -0.412. The second-order valence-corrected chi connectivity index (χ2v) is 4.87. The summed E-state index contributed by atoms with van der Waals surface area (Å²) in [6, 6.07) is 17.4. The van der Waals surface area contributed by atoms with Crippen molar-refractivity contribution in [1.82, 2.24) is 14.8 Å². The number of rotatable bonds is 4. The number of benzene rings is 1. The summed E-state index contributed by atoms with van der Waals surface area (Å²) in [5.41, 5.74) is 0.832. The van der Waals surface area contributed by atoms with Crippen molar-refractivity contribution in [2.24, 2.45) is 0 Å². The average Bonchev–Trinajstić information content (AvgIpc) is 2.58. The van der Waals surface area contributed by atoms with E-state index in [9.17, 15) is 9.59 Å². The van der Waals surface area contributed by atoms with E-state index in [0.29, 0.717) is 12.4 Å². The van der Waals surface area contributed by atoms with Crippen LogP contribution in [0.3, 0.4) is 0 Å². The van der Waals surface area contributed by atoms with Gasteiger partial charge in [-0.25, -0.2) is 9.67 Å². The highest BCUT2D eigenvalue weighted by Gasteiger charge is 2.10. The van der Waals surface area contributed by atoms with E-state index in [2.05, 4.69) is 15.4 Å². The molecule has 1 amide bonds. The largest absolute Gasteiger partial charge is 0.305 e. The van der Waals surface area contributed by atoms with E-state index in [4.69, 9.17) is 0 Å². The SMILES string of the molecule is O=C(Nc1ccccn1)c1ccc(=O)n(Cc2ccccc2)n1. The topological polar surface area (TPSA) is 76.9 Å². The van der Waals surface area contributed by atoms with Crippen LogP contribution in [0.1, 0.15) is 16.1 Å². The maximum absolute atomic E-state index is 12.2. The lowest BCUT2D eigenvalue weighted by atomic mass is 10.2. The Morgan fingerprint density at radius 2 is 1.78 bits per heavy atom. The molecule has 0 unspecified atom stereocenters. The van der Waals surface area contributed by atoms with Crippen LogP contribution in [0.4, 0.5) is 5.82 Å². The first-order valence-corrected chi connectivity index (χ1v) is 7.07. The van der Waals surface area contributed by atoms with Crippen LogP contribution in [0.5, 0.6) is 0 Å². The van der Waals surface area contributed by atoms with E-state index in [-0.39, 0.29) is 11.3 Å². The number of anilines is 1. The van der Waals surface area contributed by atoms with Crippen LogP contribution in [0.25, 0.3) is 0 Å². The van der Waals surface area contributed by atoms with Crippen molar-refractivity contribution in [3.05, 3.63) is 88.5 Å². The van der Waals surface area contributed by atoms with E-state index < -0.39 is 5.91 Å². The summed E-state index contributed by atoms with van der Waals surface area (Å²) < 4.78 is 1.27. The minimum Gasteiger partial charge on any atom is -0.305 e. The standard InChI is InChI=1S/C17H14N4O2/c22-16-10-9-14(17(23)19-15-8-4-5-11-18-15)20-21(16)12-13-6-2-1-3-7-13/h1-11H,12H2,(H,18,19,23). The number of nitrogens with zero attached hydrogens (tertiary/aromatic N) is 3. The molecule has 0 atom stereocenters. The number of carbonyl (C=O) groups is 1. The molecule has 114 valence electrons. The van der Waals surface area contributed by atoms with Crippen LogP contribution < -0.4 is 10.9 Å². The Morgan fingerprint density at radius 3 is 2.52 bits per heavy atom. The molecule has 3 aromatic rings. The van der Waals surface area contributed by atoms with Gasteiger partial charge in [-0.15, -0.1) is 0 Å². The Labute approximate surface area is 132 Å². The van der Waals surface area contributed by atoms with Crippen LogP contribution in [-0.2, 0) is 6.54 Å². The van der Waals surface area contributed by atoms with Crippen molar-refractivity contribution in [3.8, 4) is 0 Å². The molecule has 0 radical (unpaired) electrons. The van der Waals surface area contributed by atoms with Crippen LogP contribution in [-0.4, -0.2) is 20.7 Å². The maximum Gasteiger partial charge on any atom is 0.277 e. The van der Waals surface area contributed by atoms with Crippen molar-refractivity contribution in [3.63, 3.8) is 0 Å². The highest BCUT2D eigenvalue weighted by molar-refractivity contribution is 6.02. The van der Waals surface area contributed by atoms with Gasteiger partial charge in [0.2, 0.25) is 0 Å². The van der Waals surface area contributed by atoms with Gasteiger partial charge in [0.1, 0.15) is 11.5 Å². The Kier molecular flexibility index (Phi) is 4.24. The molecule has 6 heteroatoms. The van der Waals surface area contributed by atoms with Gasteiger partial charge in [-0.1, -0.05) is 36.4 Å². The minimum absolute atomic E-state index is 0.159. The molecule has 0 spiro atoms. The predicted molar refractivity (Wildman–Crippen MR) is 86.2 cm³/mol. The Morgan fingerprint density at radius 1 is 1.00 bits per heavy atom. The van der Waals surface area contributed by atoms with Gasteiger partial charge < -0.3 is 5.32 Å². The smallest absolute Gasteiger partial charge is 0.277 e. The molecule has 0 aliphatic heterocycles. The molecule has 6 nitrogen and oxygen atoms in total. The quantitative estimate of drug-likeness (QED) is 0.799. The van der Waals surface area contributed by atoms with E-state index in [1.54, 1.807) is 24.4 Å². The lowest BCUT2D eigenvalue weighted by Gasteiger charge is -2.07. The third-order valence-electron chi connectivity index (χ3n) is 3.18. The first-order valence-electron chi connectivity index (χ1n) is 7.07. The van der Waals surface area contributed by atoms with Crippen LogP contribution in [0.2, 0.25) is 0 Å². The van der Waals surface area contributed by atoms with Gasteiger partial charge in [0.25, 0.3) is 11.5 Å². The summed E-state index contributed by atoms with van der Waals surface area (Å²) >= 11 is 0. The molecule has 2 heterocycles. The van der Waals surface area contributed by atoms with E-state index >= 15 is 0 Å². The summed E-state index contributed by atoms with van der Waals surface area (Å²) in [5.74, 6) is 0.0191. The lowest BCUT2D eigenvalue weighted by Crippen LogP contribution is -2.26. The fourth-order valence-electron chi connectivity index (χ4n) is 2.06. The second kappa shape index (κ2) is 6.65. The number of carbonyl (C=O) groups excluding carboxylic acids is 1. The Hall–Kier alpha value is -3.28. The highest BCUT2D eigenvalue weighted by Crippen LogP contribution is 2.04. The molecule has 0 fully saturated rings. The molecular weight excluding hydrogens is 292 g/mol. The van der Waals surface area contributed by atoms with E-state index in [1.165, 1.54) is 16.8 Å². The summed E-state index contributed by atoms with van der Waals surface area (Å²) in [4.78, 5) is 28.1. The van der Waals surface area contributed by atoms with Gasteiger partial charge in [-0.2, -0.15) is 5.10 Å². The molecule has 1 aromatic carbocycles. The Balaban J connectivity index is 1.82. The van der Waals surface area contributed by atoms with E-state index in [0.717, 1.165) is 5.56 Å². The average molecular weight is 306 g/mol. The predicted octanol–water partition coefficient (Wildman–Crippen LogP) is 1.94. The third-order valence-corrected chi connectivity index (χ3v) is 3.18. The van der Waals surface area contributed by atoms with Crippen LogP contribution in [0.15, 0.2) is 71.7 Å². The summed E-state index contributed by atoms with van der Waals surface area (Å²) in [6.45, 7) is 0.310. The van der Waals surface area contributed by atoms with Crippen molar-refractivity contribution >= 4 is 11.7 Å². The maximum atomic E-state index is 12.2. The van der Waals surface area contributed by atoms with Crippen LogP contribution >= 0.6 is 0 Å². The molecular formula is C17H14N4O2. The fourth-order valence-corrected chi connectivity index (χ4v) is 2.06. The third kappa shape index (κ3) is 3.68. The number of aromatic nitrogens is 3. The zero-order valence-corrected chi connectivity index (χ0v) is 12.2. The first-order chi connectivity index (χ1) is 11.2. The van der Waals surface area contributed by atoms with Gasteiger partial charge in [0, 0.05) is 12.3 Å². The molecule has 0 aliphatic rings. The number of hydrogen-bond acceptors (Lipinski definition) is 4. The van der Waals surface area contributed by atoms with E-state index in [1.807, 2.05) is 30.3 Å². The molecule has 0 aliphatic carbocycles. The number of nitrogens with one attached hydrogen (secondary N) is 1. The molecule has 3 rings (SSSR count). The molecule has 2 aromatic heterocycles. The zero-order chi connectivity index (χ0) is 16.1. The first kappa shape index (κ1) is 14.6. The van der Waals surface area contributed by atoms with Crippen molar-refractivity contribution < 1.29 is 4.79 Å². The monoisotopic (exact) mass is 306 g/mol. The number of amides is 1. The molecule has 0 saturated heterocycles. The molecule has 0 bridgehead atoms. The van der Waals surface area contributed by atoms with Gasteiger partial charge in [0.15, 0.2) is 0 Å². The van der Waals surface area contributed by atoms with Crippen LogP contribution in [0, 0.1) is 0 Å². The highest BCUT2D eigenvalue weighted by atomic mass is 16.2. The summed E-state index contributed by atoms with van der Waals surface area (Å²) in [6.07, 6.45) is 1.58. The Bertz CT molecular complexity index is 861. The lowest BCUT2D eigenvalue weighted by molar-refractivity contribution is 0.101. The number of hydrogen-bond donors (Lipinski definition) is 1. The van der Waals surface area contributed by atoms with Gasteiger partial charge in [0.05, 0.1) is 6.54 Å². The normalized spacial score (nSPS) is 10.3. The number of pyridine rings is 1.